The van der Waals surface area contributed by atoms with E-state index in [0.717, 1.165) is 17.8 Å². The molecule has 1 rings (SSSR count). The summed E-state index contributed by atoms with van der Waals surface area (Å²) >= 11 is 0. The van der Waals surface area contributed by atoms with Gasteiger partial charge in [-0.25, -0.2) is 4.39 Å². The minimum atomic E-state index is -0.168. The van der Waals surface area contributed by atoms with Crippen molar-refractivity contribution in [2.24, 2.45) is 5.41 Å². The lowest BCUT2D eigenvalue weighted by atomic mass is 9.87. The predicted octanol–water partition coefficient (Wildman–Crippen LogP) is 3.81. The third kappa shape index (κ3) is 4.50. The number of benzene rings is 1. The third-order valence-electron chi connectivity index (χ3n) is 3.76. The first-order chi connectivity index (χ1) is 8.75. The fourth-order valence-electron chi connectivity index (χ4n) is 2.01. The van der Waals surface area contributed by atoms with Crippen molar-refractivity contribution < 1.29 is 4.39 Å². The van der Waals surface area contributed by atoms with Crippen molar-refractivity contribution >= 4 is 5.69 Å². The van der Waals surface area contributed by atoms with Crippen LogP contribution in [0.25, 0.3) is 0 Å². The summed E-state index contributed by atoms with van der Waals surface area (Å²) in [7, 11) is 2.03. The van der Waals surface area contributed by atoms with Crippen LogP contribution in [-0.2, 0) is 6.54 Å². The van der Waals surface area contributed by atoms with Crippen LogP contribution in [-0.4, -0.2) is 19.6 Å². The minimum Gasteiger partial charge on any atom is -0.371 e. The molecule has 1 N–H and O–H groups in total. The van der Waals surface area contributed by atoms with E-state index in [0.29, 0.717) is 12.6 Å². The van der Waals surface area contributed by atoms with Crippen LogP contribution >= 0.6 is 0 Å². The molecular formula is C16H27FN2. The van der Waals surface area contributed by atoms with E-state index in [1.165, 1.54) is 0 Å². The Morgan fingerprint density at radius 3 is 2.42 bits per heavy atom. The number of rotatable bonds is 5. The first-order valence-electron chi connectivity index (χ1n) is 6.98. The monoisotopic (exact) mass is 266 g/mol. The predicted molar refractivity (Wildman–Crippen MR) is 81.1 cm³/mol. The van der Waals surface area contributed by atoms with Gasteiger partial charge in [0.25, 0.3) is 0 Å². The maximum Gasteiger partial charge on any atom is 0.125 e. The molecule has 0 aliphatic carbocycles. The Labute approximate surface area is 117 Å². The van der Waals surface area contributed by atoms with Crippen LogP contribution in [0.15, 0.2) is 18.2 Å². The molecule has 0 radical (unpaired) electrons. The van der Waals surface area contributed by atoms with Gasteiger partial charge in [0.15, 0.2) is 0 Å². The van der Waals surface area contributed by atoms with Crippen molar-refractivity contribution in [1.82, 2.24) is 5.32 Å². The molecular weight excluding hydrogens is 239 g/mol. The van der Waals surface area contributed by atoms with Crippen LogP contribution in [0.3, 0.4) is 0 Å². The molecule has 0 amide bonds. The van der Waals surface area contributed by atoms with E-state index in [-0.39, 0.29) is 11.2 Å². The zero-order chi connectivity index (χ0) is 14.6. The van der Waals surface area contributed by atoms with E-state index >= 15 is 0 Å². The van der Waals surface area contributed by atoms with E-state index < -0.39 is 0 Å². The first kappa shape index (κ1) is 16.0. The lowest BCUT2D eigenvalue weighted by Crippen LogP contribution is -2.39. The molecule has 0 aromatic heterocycles. The quantitative estimate of drug-likeness (QED) is 0.872. The summed E-state index contributed by atoms with van der Waals surface area (Å²) in [6.07, 6.45) is 0. The summed E-state index contributed by atoms with van der Waals surface area (Å²) in [5, 5.41) is 3.23. The van der Waals surface area contributed by atoms with Crippen molar-refractivity contribution in [2.45, 2.75) is 47.2 Å². The summed E-state index contributed by atoms with van der Waals surface area (Å²) < 4.78 is 13.7. The van der Waals surface area contributed by atoms with Gasteiger partial charge < -0.3 is 10.2 Å². The standard InChI is InChI=1S/C16H27FN2/c1-7-18-11-13-8-14(17)10-15(9-13)19(6)12(2)16(3,4)5/h8-10,12,18H,7,11H2,1-6H3. The normalized spacial score (nSPS) is 13.4. The largest absolute Gasteiger partial charge is 0.371 e. The molecule has 0 spiro atoms. The second kappa shape index (κ2) is 6.38. The summed E-state index contributed by atoms with van der Waals surface area (Å²) in [4.78, 5) is 2.15. The molecule has 0 saturated carbocycles. The highest BCUT2D eigenvalue weighted by Gasteiger charge is 2.24. The molecule has 0 bridgehead atoms. The highest BCUT2D eigenvalue weighted by atomic mass is 19.1. The van der Waals surface area contributed by atoms with E-state index in [1.54, 1.807) is 12.1 Å². The van der Waals surface area contributed by atoms with Gasteiger partial charge in [-0.15, -0.1) is 0 Å². The van der Waals surface area contributed by atoms with Gasteiger partial charge in [0.2, 0.25) is 0 Å². The maximum atomic E-state index is 13.7. The molecule has 0 saturated heterocycles. The summed E-state index contributed by atoms with van der Waals surface area (Å²) in [6.45, 7) is 12.4. The molecule has 0 heterocycles. The highest BCUT2D eigenvalue weighted by molar-refractivity contribution is 5.49. The third-order valence-corrected chi connectivity index (χ3v) is 3.76. The Bertz CT molecular complexity index is 410. The maximum absolute atomic E-state index is 13.7. The van der Waals surface area contributed by atoms with Gasteiger partial charge in [0.1, 0.15) is 5.82 Å². The topological polar surface area (TPSA) is 15.3 Å². The average Bonchev–Trinajstić information content (AvgIpc) is 2.32. The number of nitrogens with zero attached hydrogens (tertiary/aromatic N) is 1. The number of hydrogen-bond acceptors (Lipinski definition) is 2. The molecule has 1 aromatic rings. The van der Waals surface area contributed by atoms with E-state index in [9.17, 15) is 4.39 Å². The summed E-state index contributed by atoms with van der Waals surface area (Å²) in [5.41, 5.74) is 2.09. The van der Waals surface area contributed by atoms with Gasteiger partial charge >= 0.3 is 0 Å². The van der Waals surface area contributed by atoms with Crippen LogP contribution in [0.4, 0.5) is 10.1 Å². The number of anilines is 1. The number of hydrogen-bond donors (Lipinski definition) is 1. The Kier molecular flexibility index (Phi) is 5.36. The second-order valence-corrected chi connectivity index (χ2v) is 6.25. The minimum absolute atomic E-state index is 0.156. The second-order valence-electron chi connectivity index (χ2n) is 6.25. The van der Waals surface area contributed by atoms with Gasteiger partial charge in [-0.3, -0.25) is 0 Å². The summed E-state index contributed by atoms with van der Waals surface area (Å²) in [6, 6.07) is 5.61. The Balaban J connectivity index is 2.96. The zero-order valence-electron chi connectivity index (χ0n) is 13.0. The van der Waals surface area contributed by atoms with Crippen LogP contribution < -0.4 is 10.2 Å². The van der Waals surface area contributed by atoms with Gasteiger partial charge in [-0.2, -0.15) is 0 Å². The van der Waals surface area contributed by atoms with E-state index in [4.69, 9.17) is 0 Å². The van der Waals surface area contributed by atoms with Crippen LogP contribution in [0, 0.1) is 11.2 Å². The van der Waals surface area contributed by atoms with Gasteiger partial charge in [0, 0.05) is 25.3 Å². The lowest BCUT2D eigenvalue weighted by Gasteiger charge is -2.37. The first-order valence-corrected chi connectivity index (χ1v) is 6.98. The fourth-order valence-corrected chi connectivity index (χ4v) is 2.01. The van der Waals surface area contributed by atoms with Crippen molar-refractivity contribution in [1.29, 1.82) is 0 Å². The molecule has 1 atom stereocenters. The molecule has 1 unspecified atom stereocenters. The molecule has 0 aliphatic heterocycles. The van der Waals surface area contributed by atoms with Crippen LogP contribution in [0.2, 0.25) is 0 Å². The van der Waals surface area contributed by atoms with Crippen molar-refractivity contribution in [3.63, 3.8) is 0 Å². The van der Waals surface area contributed by atoms with Gasteiger partial charge in [0.05, 0.1) is 0 Å². The zero-order valence-corrected chi connectivity index (χ0v) is 13.0. The average molecular weight is 266 g/mol. The molecule has 0 fully saturated rings. The molecule has 3 heteroatoms. The Morgan fingerprint density at radius 1 is 1.26 bits per heavy atom. The molecule has 0 aliphatic rings. The molecule has 19 heavy (non-hydrogen) atoms. The van der Waals surface area contributed by atoms with Crippen LogP contribution in [0.5, 0.6) is 0 Å². The fraction of sp³-hybridized carbons (Fsp3) is 0.625. The molecule has 1 aromatic carbocycles. The summed E-state index contributed by atoms with van der Waals surface area (Å²) in [5.74, 6) is -0.168. The highest BCUT2D eigenvalue weighted by Crippen LogP contribution is 2.28. The number of nitrogens with one attached hydrogen (secondary N) is 1. The van der Waals surface area contributed by atoms with Crippen LogP contribution in [0.1, 0.15) is 40.2 Å². The number of halogens is 1. The Morgan fingerprint density at radius 2 is 1.89 bits per heavy atom. The van der Waals surface area contributed by atoms with E-state index in [2.05, 4.69) is 44.0 Å². The van der Waals surface area contributed by atoms with Crippen molar-refractivity contribution in [2.75, 3.05) is 18.5 Å². The molecule has 108 valence electrons. The van der Waals surface area contributed by atoms with Crippen molar-refractivity contribution in [3.05, 3.63) is 29.6 Å². The Hall–Kier alpha value is -1.09. The van der Waals surface area contributed by atoms with E-state index in [1.807, 2.05) is 14.0 Å². The smallest absolute Gasteiger partial charge is 0.125 e. The lowest BCUT2D eigenvalue weighted by molar-refractivity contribution is 0.329. The SMILES string of the molecule is CCNCc1cc(F)cc(N(C)C(C)C(C)(C)C)c1. The van der Waals surface area contributed by atoms with Gasteiger partial charge in [-0.05, 0) is 42.6 Å². The van der Waals surface area contributed by atoms with Crippen molar-refractivity contribution in [3.8, 4) is 0 Å². The molecule has 2 nitrogen and oxygen atoms in total. The van der Waals surface area contributed by atoms with Gasteiger partial charge in [-0.1, -0.05) is 27.7 Å².